The van der Waals surface area contributed by atoms with E-state index in [0.29, 0.717) is 0 Å². The van der Waals surface area contributed by atoms with Crippen LogP contribution in [-0.2, 0) is 10.4 Å². The topological polar surface area (TPSA) is 95.4 Å². The summed E-state index contributed by atoms with van der Waals surface area (Å²) in [5.74, 6) is -5.17. The Hall–Kier alpha value is -3.57. The quantitative estimate of drug-likeness (QED) is 0.349. The SMILES string of the molecule is O=C(N[C@@H]1C[C@@H](Cl)[C@@H](CN2C(=O)[C@](O)(c3ccncc3F)c3ccc(F)cc32)C[C@H]1C(F)F)c1cccnc1. The second-order valence-electron chi connectivity index (χ2n) is 9.71. The highest BCUT2D eigenvalue weighted by molar-refractivity contribution is 6.21. The third-order valence-corrected chi connectivity index (χ3v) is 7.96. The Morgan fingerprint density at radius 3 is 2.59 bits per heavy atom. The number of alkyl halides is 3. The van der Waals surface area contributed by atoms with Crippen molar-refractivity contribution >= 4 is 29.1 Å². The number of carbonyl (C=O) groups is 2. The molecule has 0 spiro atoms. The number of benzene rings is 1. The van der Waals surface area contributed by atoms with Gasteiger partial charge in [0.15, 0.2) is 5.60 Å². The number of aromatic nitrogens is 2. The molecular formula is C27H23ClF4N4O3. The Labute approximate surface area is 225 Å². The van der Waals surface area contributed by atoms with Crippen LogP contribution in [0.5, 0.6) is 0 Å². The van der Waals surface area contributed by atoms with E-state index in [1.165, 1.54) is 30.7 Å². The van der Waals surface area contributed by atoms with Crippen LogP contribution in [0, 0.1) is 23.5 Å². The molecule has 7 nitrogen and oxygen atoms in total. The summed E-state index contributed by atoms with van der Waals surface area (Å²) in [5, 5.41) is 13.4. The van der Waals surface area contributed by atoms with Crippen molar-refractivity contribution in [2.75, 3.05) is 11.4 Å². The maximum Gasteiger partial charge on any atom is 0.268 e. The van der Waals surface area contributed by atoms with E-state index < -0.39 is 58.7 Å². The average molecular weight is 563 g/mol. The Morgan fingerprint density at radius 1 is 1.13 bits per heavy atom. The molecule has 2 N–H and O–H groups in total. The fourth-order valence-corrected chi connectivity index (χ4v) is 5.83. The normalized spacial score (nSPS) is 26.5. The summed E-state index contributed by atoms with van der Waals surface area (Å²) in [5.41, 5.74) is -2.69. The first-order chi connectivity index (χ1) is 18.6. The molecule has 1 saturated carbocycles. The van der Waals surface area contributed by atoms with Crippen molar-refractivity contribution in [3.8, 4) is 0 Å². The maximum absolute atomic E-state index is 14.7. The molecule has 1 aliphatic heterocycles. The van der Waals surface area contributed by atoms with Gasteiger partial charge in [0.25, 0.3) is 11.8 Å². The molecule has 0 bridgehead atoms. The number of carbonyl (C=O) groups excluding carboxylic acids is 2. The van der Waals surface area contributed by atoms with Crippen LogP contribution < -0.4 is 10.2 Å². The van der Waals surface area contributed by atoms with Crippen LogP contribution in [0.3, 0.4) is 0 Å². The van der Waals surface area contributed by atoms with Gasteiger partial charge in [0.2, 0.25) is 6.43 Å². The van der Waals surface area contributed by atoms with Gasteiger partial charge in [0.1, 0.15) is 11.6 Å². The largest absolute Gasteiger partial charge is 0.372 e. The summed E-state index contributed by atoms with van der Waals surface area (Å²) in [4.78, 5) is 34.8. The van der Waals surface area contributed by atoms with E-state index >= 15 is 0 Å². The van der Waals surface area contributed by atoms with Crippen LogP contribution in [-0.4, -0.2) is 51.3 Å². The van der Waals surface area contributed by atoms with E-state index in [1.54, 1.807) is 6.07 Å². The zero-order valence-corrected chi connectivity index (χ0v) is 21.0. The molecule has 0 unspecified atom stereocenters. The van der Waals surface area contributed by atoms with E-state index in [9.17, 15) is 32.3 Å². The van der Waals surface area contributed by atoms with E-state index in [2.05, 4.69) is 15.3 Å². The number of nitrogens with zero attached hydrogens (tertiary/aromatic N) is 3. The number of aliphatic hydroxyl groups is 1. The molecule has 3 heterocycles. The number of anilines is 1. The van der Waals surface area contributed by atoms with Crippen LogP contribution in [0.4, 0.5) is 23.2 Å². The summed E-state index contributed by atoms with van der Waals surface area (Å²) in [7, 11) is 0. The minimum Gasteiger partial charge on any atom is -0.372 e. The zero-order valence-electron chi connectivity index (χ0n) is 20.3. The molecule has 5 atom stereocenters. The Balaban J connectivity index is 1.41. The Bertz CT molecular complexity index is 1400. The van der Waals surface area contributed by atoms with Gasteiger partial charge in [0.05, 0.1) is 17.4 Å². The summed E-state index contributed by atoms with van der Waals surface area (Å²) in [6.45, 7) is -0.231. The lowest BCUT2D eigenvalue weighted by Gasteiger charge is -2.40. The van der Waals surface area contributed by atoms with Gasteiger partial charge < -0.3 is 15.3 Å². The molecule has 204 valence electrons. The van der Waals surface area contributed by atoms with Gasteiger partial charge in [-0.3, -0.25) is 19.6 Å². The number of pyridine rings is 2. The standard InChI is InChI=1S/C27H23ClF4N4O3/c28-20-10-22(35-25(37)14-2-1-6-33-11-14)17(24(31)32)8-15(20)13-36-23-9-16(29)3-4-19(23)27(39,26(36)38)18-5-7-34-12-21(18)30/h1-7,9,11-12,15,17,20,22,24,39H,8,10,13H2,(H,35,37)/t15-,17-,20-,22-,27+/m1/s1. The van der Waals surface area contributed by atoms with Crippen LogP contribution in [0.15, 0.2) is 61.2 Å². The molecule has 0 radical (unpaired) electrons. The summed E-state index contributed by atoms with van der Waals surface area (Å²) < 4.78 is 57.3. The lowest BCUT2D eigenvalue weighted by molar-refractivity contribution is -0.132. The third kappa shape index (κ3) is 4.85. The number of fused-ring (bicyclic) bond motifs is 1. The molecule has 5 rings (SSSR count). The summed E-state index contributed by atoms with van der Waals surface area (Å²) in [6.07, 6.45) is 1.85. The predicted molar refractivity (Wildman–Crippen MR) is 133 cm³/mol. The zero-order chi connectivity index (χ0) is 27.9. The van der Waals surface area contributed by atoms with Gasteiger partial charge >= 0.3 is 0 Å². The van der Waals surface area contributed by atoms with Gasteiger partial charge in [-0.05, 0) is 49.1 Å². The molecule has 12 heteroatoms. The molecule has 3 aromatic rings. The van der Waals surface area contributed by atoms with Gasteiger partial charge in [0, 0.05) is 53.6 Å². The summed E-state index contributed by atoms with van der Waals surface area (Å²) >= 11 is 6.62. The van der Waals surface area contributed by atoms with Crippen molar-refractivity contribution in [1.82, 2.24) is 15.3 Å². The van der Waals surface area contributed by atoms with Gasteiger partial charge in [-0.25, -0.2) is 17.6 Å². The number of halogens is 5. The van der Waals surface area contributed by atoms with E-state index in [-0.39, 0.29) is 41.8 Å². The highest BCUT2D eigenvalue weighted by atomic mass is 35.5. The first kappa shape index (κ1) is 27.0. The molecular weight excluding hydrogens is 540 g/mol. The van der Waals surface area contributed by atoms with Crippen molar-refractivity contribution in [3.63, 3.8) is 0 Å². The molecule has 39 heavy (non-hydrogen) atoms. The minimum absolute atomic E-state index is 0.0109. The van der Waals surface area contributed by atoms with E-state index in [1.807, 2.05) is 0 Å². The van der Waals surface area contributed by atoms with Crippen LogP contribution in [0.25, 0.3) is 0 Å². The van der Waals surface area contributed by atoms with Crippen LogP contribution in [0.2, 0.25) is 0 Å². The van der Waals surface area contributed by atoms with Crippen molar-refractivity contribution in [2.45, 2.75) is 36.3 Å². The van der Waals surface area contributed by atoms with Crippen molar-refractivity contribution in [1.29, 1.82) is 0 Å². The summed E-state index contributed by atoms with van der Waals surface area (Å²) in [6, 6.07) is 6.51. The fraction of sp³-hybridized carbons (Fsp3) is 0.333. The van der Waals surface area contributed by atoms with Gasteiger partial charge in [-0.1, -0.05) is 6.07 Å². The van der Waals surface area contributed by atoms with Gasteiger partial charge in [-0.15, -0.1) is 11.6 Å². The van der Waals surface area contributed by atoms with Gasteiger partial charge in [-0.2, -0.15) is 0 Å². The average Bonchev–Trinajstić information content (AvgIpc) is 3.12. The van der Waals surface area contributed by atoms with Crippen LogP contribution >= 0.6 is 11.6 Å². The number of rotatable bonds is 6. The molecule has 0 saturated heterocycles. The van der Waals surface area contributed by atoms with Crippen molar-refractivity contribution in [2.24, 2.45) is 11.8 Å². The number of amides is 2. The molecule has 1 aliphatic carbocycles. The highest BCUT2D eigenvalue weighted by Gasteiger charge is 2.54. The van der Waals surface area contributed by atoms with Crippen LogP contribution in [0.1, 0.15) is 34.3 Å². The molecule has 1 fully saturated rings. The Morgan fingerprint density at radius 2 is 1.90 bits per heavy atom. The molecule has 2 aromatic heterocycles. The molecule has 1 aromatic carbocycles. The van der Waals surface area contributed by atoms with Crippen molar-refractivity contribution in [3.05, 3.63) is 89.5 Å². The Kier molecular flexibility index (Phi) is 7.30. The monoisotopic (exact) mass is 562 g/mol. The second kappa shape index (κ2) is 10.5. The molecule has 2 amide bonds. The first-order valence-corrected chi connectivity index (χ1v) is 12.6. The maximum atomic E-state index is 14.7. The third-order valence-electron chi connectivity index (χ3n) is 7.42. The lowest BCUT2D eigenvalue weighted by atomic mass is 9.77. The highest BCUT2D eigenvalue weighted by Crippen LogP contribution is 2.47. The number of hydrogen-bond donors (Lipinski definition) is 2. The number of hydrogen-bond acceptors (Lipinski definition) is 5. The smallest absolute Gasteiger partial charge is 0.268 e. The first-order valence-electron chi connectivity index (χ1n) is 12.2. The second-order valence-corrected chi connectivity index (χ2v) is 10.3. The van der Waals surface area contributed by atoms with E-state index in [4.69, 9.17) is 11.6 Å². The number of nitrogens with one attached hydrogen (secondary N) is 1. The van der Waals surface area contributed by atoms with E-state index in [0.717, 1.165) is 29.3 Å². The van der Waals surface area contributed by atoms with Crippen molar-refractivity contribution < 1.29 is 32.3 Å². The molecule has 2 aliphatic rings. The lowest BCUT2D eigenvalue weighted by Crippen LogP contribution is -2.52. The minimum atomic E-state index is -2.81. The fourth-order valence-electron chi connectivity index (χ4n) is 5.45. The predicted octanol–water partition coefficient (Wildman–Crippen LogP) is 4.03.